The molecule has 1 rings (SSSR count). The van der Waals surface area contributed by atoms with Crippen LogP contribution in [-0.2, 0) is 0 Å². The third-order valence-corrected chi connectivity index (χ3v) is 2.17. The summed E-state index contributed by atoms with van der Waals surface area (Å²) >= 11 is 0. The second-order valence-electron chi connectivity index (χ2n) is 2.95. The summed E-state index contributed by atoms with van der Waals surface area (Å²) in [5.41, 5.74) is 5.13. The molecule has 0 aromatic rings. The van der Waals surface area contributed by atoms with E-state index in [-0.39, 0.29) is 18.4 Å². The van der Waals surface area contributed by atoms with E-state index >= 15 is 0 Å². The van der Waals surface area contributed by atoms with Gasteiger partial charge in [-0.15, -0.1) is 12.4 Å². The summed E-state index contributed by atoms with van der Waals surface area (Å²) in [6.45, 7) is 1.93. The smallest absolute Gasteiger partial charge is 0.314 e. The van der Waals surface area contributed by atoms with Crippen molar-refractivity contribution in [3.63, 3.8) is 0 Å². The molecule has 5 heteroatoms. The monoisotopic (exact) mass is 193 g/mol. The van der Waals surface area contributed by atoms with Crippen molar-refractivity contribution in [2.24, 2.45) is 5.73 Å². The number of piperidine rings is 1. The largest absolute Gasteiger partial charge is 0.351 e. The highest BCUT2D eigenvalue weighted by Crippen LogP contribution is 2.07. The van der Waals surface area contributed by atoms with Crippen LogP contribution in [0.3, 0.4) is 0 Å². The Balaban J connectivity index is 0.00000121. The summed E-state index contributed by atoms with van der Waals surface area (Å²) in [6.07, 6.45) is 2.19. The van der Waals surface area contributed by atoms with Crippen LogP contribution in [0.5, 0.6) is 0 Å². The molecule has 1 heterocycles. The Labute approximate surface area is 78.9 Å². The van der Waals surface area contributed by atoms with E-state index in [1.807, 2.05) is 0 Å². The minimum absolute atomic E-state index is 0. The Morgan fingerprint density at radius 3 is 2.75 bits per heavy atom. The first-order valence-electron chi connectivity index (χ1n) is 3.95. The number of nitrogens with two attached hydrogens (primary N) is 1. The topological polar surface area (TPSA) is 58.4 Å². The van der Waals surface area contributed by atoms with Gasteiger partial charge in [0.05, 0.1) is 0 Å². The average Bonchev–Trinajstić information content (AvgIpc) is 2.05. The molecule has 1 aliphatic heterocycles. The van der Waals surface area contributed by atoms with E-state index in [0.29, 0.717) is 6.04 Å². The Bertz CT molecular complexity index is 148. The number of primary amides is 1. The number of hydrogen-bond donors (Lipinski definition) is 2. The van der Waals surface area contributed by atoms with Crippen molar-refractivity contribution in [2.45, 2.75) is 18.9 Å². The second kappa shape index (κ2) is 5.22. The summed E-state index contributed by atoms with van der Waals surface area (Å²) in [4.78, 5) is 12.3. The fraction of sp³-hybridized carbons (Fsp3) is 0.857. The standard InChI is InChI=1S/C7H15N3O.ClH/c1-10(7(8)11)6-3-2-4-9-5-6;/h6,9H,2-5H2,1H3,(H2,8,11);1H/t6-;/m1./s1. The molecule has 0 saturated carbocycles. The van der Waals surface area contributed by atoms with Crippen LogP contribution in [0, 0.1) is 0 Å². The number of urea groups is 1. The molecule has 0 radical (unpaired) electrons. The zero-order chi connectivity index (χ0) is 8.27. The van der Waals surface area contributed by atoms with Crippen LogP contribution in [0.1, 0.15) is 12.8 Å². The molecule has 1 fully saturated rings. The lowest BCUT2D eigenvalue weighted by Gasteiger charge is -2.30. The lowest BCUT2D eigenvalue weighted by atomic mass is 10.1. The number of nitrogens with zero attached hydrogens (tertiary/aromatic N) is 1. The first-order valence-corrected chi connectivity index (χ1v) is 3.95. The molecule has 0 spiro atoms. The predicted octanol–water partition coefficient (Wildman–Crippen LogP) is 0.171. The van der Waals surface area contributed by atoms with Crippen LogP contribution in [-0.4, -0.2) is 37.1 Å². The molecule has 72 valence electrons. The van der Waals surface area contributed by atoms with Gasteiger partial charge in [-0.3, -0.25) is 0 Å². The van der Waals surface area contributed by atoms with Gasteiger partial charge in [0.1, 0.15) is 0 Å². The number of amides is 2. The molecule has 0 unspecified atom stereocenters. The molecule has 1 aliphatic rings. The average molecular weight is 194 g/mol. The number of rotatable bonds is 1. The second-order valence-corrected chi connectivity index (χ2v) is 2.95. The van der Waals surface area contributed by atoms with Crippen molar-refractivity contribution >= 4 is 18.4 Å². The number of likely N-dealkylation sites (N-methyl/N-ethyl adjacent to an activating group) is 1. The quantitative estimate of drug-likeness (QED) is 0.624. The zero-order valence-corrected chi connectivity index (χ0v) is 8.06. The SMILES string of the molecule is CN(C(N)=O)[C@@H]1CCCNC1.Cl. The van der Waals surface area contributed by atoms with Gasteiger partial charge in [-0.2, -0.15) is 0 Å². The Kier molecular flexibility index (Phi) is 5.01. The number of carbonyl (C=O) groups is 1. The minimum atomic E-state index is -0.335. The molecule has 3 N–H and O–H groups in total. The third kappa shape index (κ3) is 2.87. The Morgan fingerprint density at radius 2 is 2.33 bits per heavy atom. The molecular formula is C7H16ClN3O. The van der Waals surface area contributed by atoms with Gasteiger partial charge in [0, 0.05) is 19.6 Å². The highest BCUT2D eigenvalue weighted by molar-refractivity contribution is 5.85. The van der Waals surface area contributed by atoms with Crippen molar-refractivity contribution in [3.8, 4) is 0 Å². The van der Waals surface area contributed by atoms with Gasteiger partial charge in [0.25, 0.3) is 0 Å². The molecule has 0 bridgehead atoms. The lowest BCUT2D eigenvalue weighted by molar-refractivity contribution is 0.187. The number of halogens is 1. The van der Waals surface area contributed by atoms with Crippen molar-refractivity contribution in [1.29, 1.82) is 0 Å². The van der Waals surface area contributed by atoms with Gasteiger partial charge in [0.15, 0.2) is 0 Å². The van der Waals surface area contributed by atoms with Crippen LogP contribution in [0.2, 0.25) is 0 Å². The molecule has 0 aromatic heterocycles. The molecule has 0 aliphatic carbocycles. The van der Waals surface area contributed by atoms with Gasteiger partial charge < -0.3 is 16.0 Å². The molecule has 1 atom stereocenters. The van der Waals surface area contributed by atoms with Crippen LogP contribution < -0.4 is 11.1 Å². The van der Waals surface area contributed by atoms with Gasteiger partial charge in [-0.1, -0.05) is 0 Å². The third-order valence-electron chi connectivity index (χ3n) is 2.17. The molecule has 4 nitrogen and oxygen atoms in total. The first kappa shape index (κ1) is 11.5. The van der Waals surface area contributed by atoms with E-state index in [1.54, 1.807) is 11.9 Å². The van der Waals surface area contributed by atoms with Gasteiger partial charge in [-0.05, 0) is 19.4 Å². The summed E-state index contributed by atoms with van der Waals surface area (Å²) in [6, 6.07) is -0.0417. The van der Waals surface area contributed by atoms with Crippen molar-refractivity contribution in [3.05, 3.63) is 0 Å². The lowest BCUT2D eigenvalue weighted by Crippen LogP contribution is -2.48. The van der Waals surface area contributed by atoms with Crippen molar-refractivity contribution in [2.75, 3.05) is 20.1 Å². The van der Waals surface area contributed by atoms with Crippen LogP contribution >= 0.6 is 12.4 Å². The first-order chi connectivity index (χ1) is 5.22. The predicted molar refractivity (Wildman–Crippen MR) is 50.5 cm³/mol. The van der Waals surface area contributed by atoms with Gasteiger partial charge >= 0.3 is 6.03 Å². The van der Waals surface area contributed by atoms with E-state index in [0.717, 1.165) is 25.9 Å². The number of carbonyl (C=O) groups excluding carboxylic acids is 1. The van der Waals surface area contributed by atoms with Crippen molar-refractivity contribution in [1.82, 2.24) is 10.2 Å². The summed E-state index contributed by atoms with van der Waals surface area (Å²) in [5.74, 6) is 0. The maximum atomic E-state index is 10.7. The summed E-state index contributed by atoms with van der Waals surface area (Å²) in [7, 11) is 1.75. The van der Waals surface area contributed by atoms with Crippen LogP contribution in [0.25, 0.3) is 0 Å². The maximum absolute atomic E-state index is 10.7. The zero-order valence-electron chi connectivity index (χ0n) is 7.25. The Morgan fingerprint density at radius 1 is 1.67 bits per heavy atom. The van der Waals surface area contributed by atoms with E-state index in [4.69, 9.17) is 5.73 Å². The molecule has 2 amide bonds. The summed E-state index contributed by atoms with van der Waals surface area (Å²) in [5, 5.41) is 3.22. The summed E-state index contributed by atoms with van der Waals surface area (Å²) < 4.78 is 0. The molecular weight excluding hydrogens is 178 g/mol. The highest BCUT2D eigenvalue weighted by atomic mass is 35.5. The van der Waals surface area contributed by atoms with Crippen LogP contribution in [0.4, 0.5) is 4.79 Å². The number of nitrogens with one attached hydrogen (secondary N) is 1. The van der Waals surface area contributed by atoms with E-state index in [9.17, 15) is 4.79 Å². The normalized spacial score (nSPS) is 22.6. The van der Waals surface area contributed by atoms with E-state index < -0.39 is 0 Å². The van der Waals surface area contributed by atoms with E-state index in [1.165, 1.54) is 0 Å². The minimum Gasteiger partial charge on any atom is -0.351 e. The highest BCUT2D eigenvalue weighted by Gasteiger charge is 2.19. The van der Waals surface area contributed by atoms with Gasteiger partial charge in [0.2, 0.25) is 0 Å². The molecule has 1 saturated heterocycles. The Hall–Kier alpha value is -0.480. The maximum Gasteiger partial charge on any atom is 0.314 e. The fourth-order valence-corrected chi connectivity index (χ4v) is 1.34. The van der Waals surface area contributed by atoms with Gasteiger partial charge in [-0.25, -0.2) is 4.79 Å². The van der Waals surface area contributed by atoms with Crippen molar-refractivity contribution < 1.29 is 4.79 Å². The fourth-order valence-electron chi connectivity index (χ4n) is 1.34. The van der Waals surface area contributed by atoms with Crippen LogP contribution in [0.15, 0.2) is 0 Å². The van der Waals surface area contributed by atoms with E-state index in [2.05, 4.69) is 5.32 Å². The molecule has 12 heavy (non-hydrogen) atoms. The molecule has 0 aromatic carbocycles. The number of hydrogen-bond acceptors (Lipinski definition) is 2.